The summed E-state index contributed by atoms with van der Waals surface area (Å²) >= 11 is 0. The summed E-state index contributed by atoms with van der Waals surface area (Å²) in [5.74, 6) is -1.13. The molecule has 1 heterocycles. The summed E-state index contributed by atoms with van der Waals surface area (Å²) in [7, 11) is 1.47. The van der Waals surface area contributed by atoms with Crippen LogP contribution in [0.25, 0.3) is 5.76 Å². The third kappa shape index (κ3) is 4.50. The van der Waals surface area contributed by atoms with Gasteiger partial charge in [-0.25, -0.2) is 0 Å². The molecule has 1 atom stereocenters. The fourth-order valence-corrected chi connectivity index (χ4v) is 4.14. The number of rotatable bonds is 7. The summed E-state index contributed by atoms with van der Waals surface area (Å²) in [5.41, 5.74) is 0.758. The van der Waals surface area contributed by atoms with E-state index in [2.05, 4.69) is 0 Å². The number of aliphatic hydroxyl groups is 1. The van der Waals surface area contributed by atoms with Gasteiger partial charge >= 0.3 is 0 Å². The van der Waals surface area contributed by atoms with Gasteiger partial charge in [-0.1, -0.05) is 18.2 Å². The van der Waals surface area contributed by atoms with E-state index in [1.165, 1.54) is 36.3 Å². The van der Waals surface area contributed by atoms with Crippen molar-refractivity contribution in [3.8, 4) is 11.5 Å². The van der Waals surface area contributed by atoms with E-state index >= 15 is 0 Å². The van der Waals surface area contributed by atoms with Crippen molar-refractivity contribution < 1.29 is 29.1 Å². The van der Waals surface area contributed by atoms with Crippen LogP contribution in [0.4, 0.5) is 11.4 Å². The fraction of sp³-hybridized carbons (Fsp3) is 0.185. The minimum atomic E-state index is -1.01. The maximum absolute atomic E-state index is 13.3. The first-order valence-corrected chi connectivity index (χ1v) is 11.2. The number of hydrogen-bond acceptors (Lipinski definition) is 7. The van der Waals surface area contributed by atoms with Crippen LogP contribution in [0.1, 0.15) is 31.0 Å². The molecule has 1 saturated heterocycles. The first-order valence-electron chi connectivity index (χ1n) is 11.2. The van der Waals surface area contributed by atoms with E-state index < -0.39 is 28.4 Å². The number of nitro groups is 1. The number of Topliss-reactive ketones (excluding diaryl/α,β-unsaturated/α-hetero) is 1. The summed E-state index contributed by atoms with van der Waals surface area (Å²) in [6.07, 6.45) is -0.0413. The number of benzene rings is 3. The second-order valence-electron chi connectivity index (χ2n) is 8.38. The van der Waals surface area contributed by atoms with E-state index in [0.29, 0.717) is 22.7 Å². The van der Waals surface area contributed by atoms with Crippen LogP contribution in [0.2, 0.25) is 0 Å². The molecule has 1 amide bonds. The Hall–Kier alpha value is -4.66. The number of non-ortho nitro benzene ring substituents is 1. The standard InChI is InChI=1S/C27H24N2O7/c1-16(2)36-20-14-12-18(13-15-20)28-24(21-6-4-5-7-22(21)35-3)23(26(31)27(28)32)25(30)17-8-10-19(11-9-17)29(33)34/h4-16,24,30H,1-3H3/b25-23+. The molecule has 0 bridgehead atoms. The topological polar surface area (TPSA) is 119 Å². The quantitative estimate of drug-likeness (QED) is 0.163. The molecule has 1 unspecified atom stereocenters. The third-order valence-electron chi connectivity index (χ3n) is 5.72. The molecular weight excluding hydrogens is 464 g/mol. The lowest BCUT2D eigenvalue weighted by atomic mass is 9.94. The minimum absolute atomic E-state index is 0.0413. The first-order chi connectivity index (χ1) is 17.2. The highest BCUT2D eigenvalue weighted by Crippen LogP contribution is 2.45. The van der Waals surface area contributed by atoms with Gasteiger partial charge in [-0.3, -0.25) is 24.6 Å². The molecule has 9 nitrogen and oxygen atoms in total. The number of ketones is 1. The molecule has 0 aliphatic carbocycles. The van der Waals surface area contributed by atoms with Crippen molar-refractivity contribution in [2.75, 3.05) is 12.0 Å². The average Bonchev–Trinajstić information content (AvgIpc) is 3.13. The van der Waals surface area contributed by atoms with Crippen molar-refractivity contribution in [3.05, 3.63) is 99.6 Å². The van der Waals surface area contributed by atoms with Crippen LogP contribution >= 0.6 is 0 Å². The molecule has 36 heavy (non-hydrogen) atoms. The Morgan fingerprint density at radius 3 is 2.22 bits per heavy atom. The Labute approximate surface area is 207 Å². The van der Waals surface area contributed by atoms with Crippen LogP contribution in [0.3, 0.4) is 0 Å². The van der Waals surface area contributed by atoms with Crippen LogP contribution in [0.15, 0.2) is 78.4 Å². The summed E-state index contributed by atoms with van der Waals surface area (Å²) in [6, 6.07) is 17.7. The Kier molecular flexibility index (Phi) is 6.73. The van der Waals surface area contributed by atoms with E-state index in [-0.39, 0.29) is 22.9 Å². The number of para-hydroxylation sites is 1. The number of nitrogens with zero attached hydrogens (tertiary/aromatic N) is 2. The van der Waals surface area contributed by atoms with Crippen LogP contribution in [-0.4, -0.2) is 34.9 Å². The van der Waals surface area contributed by atoms with Crippen molar-refractivity contribution in [1.29, 1.82) is 0 Å². The van der Waals surface area contributed by atoms with Crippen molar-refractivity contribution in [2.24, 2.45) is 0 Å². The number of hydrogen-bond donors (Lipinski definition) is 1. The molecule has 0 radical (unpaired) electrons. The molecule has 0 spiro atoms. The maximum atomic E-state index is 13.3. The molecule has 1 fully saturated rings. The second-order valence-corrected chi connectivity index (χ2v) is 8.38. The average molecular weight is 488 g/mol. The highest BCUT2D eigenvalue weighted by molar-refractivity contribution is 6.51. The van der Waals surface area contributed by atoms with Gasteiger partial charge < -0.3 is 14.6 Å². The van der Waals surface area contributed by atoms with Crippen molar-refractivity contribution >= 4 is 28.8 Å². The molecule has 1 aliphatic heterocycles. The van der Waals surface area contributed by atoms with E-state index in [0.717, 1.165) is 0 Å². The number of anilines is 1. The second kappa shape index (κ2) is 9.91. The summed E-state index contributed by atoms with van der Waals surface area (Å²) in [4.78, 5) is 38.4. The van der Waals surface area contributed by atoms with Gasteiger partial charge in [-0.15, -0.1) is 0 Å². The zero-order valence-electron chi connectivity index (χ0n) is 19.9. The van der Waals surface area contributed by atoms with E-state index in [4.69, 9.17) is 9.47 Å². The van der Waals surface area contributed by atoms with E-state index in [1.54, 1.807) is 48.5 Å². The van der Waals surface area contributed by atoms with Gasteiger partial charge in [0.2, 0.25) is 0 Å². The molecule has 0 aromatic heterocycles. The smallest absolute Gasteiger partial charge is 0.300 e. The van der Waals surface area contributed by atoms with Crippen LogP contribution in [-0.2, 0) is 9.59 Å². The van der Waals surface area contributed by atoms with Crippen LogP contribution < -0.4 is 14.4 Å². The van der Waals surface area contributed by atoms with Crippen molar-refractivity contribution in [2.45, 2.75) is 26.0 Å². The van der Waals surface area contributed by atoms with Gasteiger partial charge in [0.25, 0.3) is 17.4 Å². The molecule has 3 aromatic carbocycles. The predicted octanol–water partition coefficient (Wildman–Crippen LogP) is 5.02. The van der Waals surface area contributed by atoms with Gasteiger partial charge in [0.15, 0.2) is 0 Å². The number of aliphatic hydroxyl groups excluding tert-OH is 1. The Bertz CT molecular complexity index is 1350. The number of methoxy groups -OCH3 is 1. The zero-order valence-corrected chi connectivity index (χ0v) is 19.9. The first kappa shape index (κ1) is 24.5. The largest absolute Gasteiger partial charge is 0.507 e. The Morgan fingerprint density at radius 1 is 1.00 bits per heavy atom. The minimum Gasteiger partial charge on any atom is -0.507 e. The van der Waals surface area contributed by atoms with Crippen molar-refractivity contribution in [3.63, 3.8) is 0 Å². The Balaban J connectivity index is 1.89. The maximum Gasteiger partial charge on any atom is 0.300 e. The van der Waals surface area contributed by atoms with Crippen molar-refractivity contribution in [1.82, 2.24) is 0 Å². The van der Waals surface area contributed by atoms with Crippen LogP contribution in [0, 0.1) is 10.1 Å². The lowest BCUT2D eigenvalue weighted by Gasteiger charge is -2.27. The summed E-state index contributed by atoms with van der Waals surface area (Å²) in [6.45, 7) is 3.79. The normalized spacial score (nSPS) is 16.9. The molecule has 1 N–H and O–H groups in total. The molecule has 184 valence electrons. The van der Waals surface area contributed by atoms with Gasteiger partial charge in [0.05, 0.1) is 29.8 Å². The SMILES string of the molecule is COc1ccccc1C1/C(=C(\O)c2ccc([N+](=O)[O-])cc2)C(=O)C(=O)N1c1ccc(OC(C)C)cc1. The zero-order chi connectivity index (χ0) is 26.0. The Morgan fingerprint density at radius 2 is 1.64 bits per heavy atom. The van der Waals surface area contributed by atoms with Gasteiger partial charge in [0, 0.05) is 28.9 Å². The monoisotopic (exact) mass is 488 g/mol. The lowest BCUT2D eigenvalue weighted by molar-refractivity contribution is -0.384. The van der Waals surface area contributed by atoms with Gasteiger partial charge in [-0.2, -0.15) is 0 Å². The summed E-state index contributed by atoms with van der Waals surface area (Å²) in [5, 5.41) is 22.2. The van der Waals surface area contributed by atoms with E-state index in [1.807, 2.05) is 13.8 Å². The molecule has 3 aromatic rings. The number of nitro benzene ring substituents is 1. The third-order valence-corrected chi connectivity index (χ3v) is 5.72. The van der Waals surface area contributed by atoms with Gasteiger partial charge in [-0.05, 0) is 56.3 Å². The number of carbonyl (C=O) groups is 2. The number of ether oxygens (including phenoxy) is 2. The summed E-state index contributed by atoms with van der Waals surface area (Å²) < 4.78 is 11.2. The molecular formula is C27H24N2O7. The highest BCUT2D eigenvalue weighted by Gasteiger charge is 2.48. The molecule has 4 rings (SSSR count). The lowest BCUT2D eigenvalue weighted by Crippen LogP contribution is -2.29. The molecule has 0 saturated carbocycles. The number of amides is 1. The predicted molar refractivity (Wildman–Crippen MR) is 133 cm³/mol. The van der Waals surface area contributed by atoms with E-state index in [9.17, 15) is 24.8 Å². The highest BCUT2D eigenvalue weighted by atomic mass is 16.6. The van der Waals surface area contributed by atoms with Crippen LogP contribution in [0.5, 0.6) is 11.5 Å². The molecule has 9 heteroatoms. The molecule has 1 aliphatic rings. The van der Waals surface area contributed by atoms with Gasteiger partial charge in [0.1, 0.15) is 17.3 Å². The number of carbonyl (C=O) groups excluding carboxylic acids is 2. The fourth-order valence-electron chi connectivity index (χ4n) is 4.14.